The van der Waals surface area contributed by atoms with Gasteiger partial charge in [0.1, 0.15) is 5.75 Å². The molecular weight excluding hydrogens is 308 g/mol. The Morgan fingerprint density at radius 1 is 1.41 bits per heavy atom. The summed E-state index contributed by atoms with van der Waals surface area (Å²) in [6.07, 6.45) is 0.220. The van der Waals surface area contributed by atoms with Crippen molar-refractivity contribution in [1.29, 1.82) is 0 Å². The van der Waals surface area contributed by atoms with Gasteiger partial charge >= 0.3 is 0 Å². The van der Waals surface area contributed by atoms with Crippen molar-refractivity contribution in [1.82, 2.24) is 5.32 Å². The van der Waals surface area contributed by atoms with E-state index in [2.05, 4.69) is 5.32 Å². The number of aliphatic hydroxyl groups excluding tert-OH is 1. The lowest BCUT2D eigenvalue weighted by atomic mass is 9.90. The third-order valence-electron chi connectivity index (χ3n) is 3.79. The van der Waals surface area contributed by atoms with Gasteiger partial charge in [0.05, 0.1) is 18.8 Å². The summed E-state index contributed by atoms with van der Waals surface area (Å²) >= 11 is 0. The maximum absolute atomic E-state index is 12.1. The molecule has 1 atom stereocenters. The molecule has 0 bridgehead atoms. The molecule has 1 fully saturated rings. The van der Waals surface area contributed by atoms with E-state index in [1.165, 1.54) is 0 Å². The van der Waals surface area contributed by atoms with Crippen molar-refractivity contribution in [3.05, 3.63) is 29.8 Å². The van der Waals surface area contributed by atoms with Crippen LogP contribution in [0.25, 0.3) is 0 Å². The molecule has 0 spiro atoms. The van der Waals surface area contributed by atoms with Gasteiger partial charge in [0.2, 0.25) is 5.91 Å². The second-order valence-corrected chi connectivity index (χ2v) is 5.27. The Balaban J connectivity index is 0.00000242. The number of carbonyl (C=O) groups excluding carboxylic acids is 1. The lowest BCUT2D eigenvalue weighted by molar-refractivity contribution is -0.130. The van der Waals surface area contributed by atoms with Crippen LogP contribution in [0.5, 0.6) is 5.75 Å². The van der Waals surface area contributed by atoms with Crippen LogP contribution in [0.1, 0.15) is 24.5 Å². The fourth-order valence-electron chi connectivity index (χ4n) is 2.27. The van der Waals surface area contributed by atoms with Gasteiger partial charge in [0, 0.05) is 19.8 Å². The first-order valence-corrected chi connectivity index (χ1v) is 7.02. The first-order valence-electron chi connectivity index (χ1n) is 7.02. The van der Waals surface area contributed by atoms with Crippen LogP contribution < -0.4 is 15.8 Å². The number of ether oxygens (including phenoxy) is 2. The molecule has 7 heteroatoms. The Morgan fingerprint density at radius 2 is 2.00 bits per heavy atom. The minimum Gasteiger partial charge on any atom is -0.497 e. The highest BCUT2D eigenvalue weighted by molar-refractivity contribution is 5.86. The van der Waals surface area contributed by atoms with Gasteiger partial charge < -0.3 is 25.6 Å². The summed E-state index contributed by atoms with van der Waals surface area (Å²) in [5.74, 6) is 0.483. The molecule has 0 saturated carbocycles. The Kier molecular flexibility index (Phi) is 7.09. The number of halogens is 1. The Labute approximate surface area is 136 Å². The van der Waals surface area contributed by atoms with Crippen LogP contribution in [0.2, 0.25) is 0 Å². The van der Waals surface area contributed by atoms with Crippen molar-refractivity contribution in [3.63, 3.8) is 0 Å². The van der Waals surface area contributed by atoms with Crippen molar-refractivity contribution >= 4 is 18.3 Å². The molecule has 1 aliphatic heterocycles. The van der Waals surface area contributed by atoms with Crippen molar-refractivity contribution in [2.45, 2.75) is 24.5 Å². The quantitative estimate of drug-likeness (QED) is 0.741. The predicted molar refractivity (Wildman–Crippen MR) is 85.2 cm³/mol. The summed E-state index contributed by atoms with van der Waals surface area (Å²) in [4.78, 5) is 12.1. The lowest BCUT2D eigenvalue weighted by Gasteiger charge is -2.32. The topological polar surface area (TPSA) is 93.8 Å². The van der Waals surface area contributed by atoms with Gasteiger partial charge in [-0.2, -0.15) is 0 Å². The number of carbonyl (C=O) groups is 1. The van der Waals surface area contributed by atoms with E-state index in [-0.39, 0.29) is 24.9 Å². The van der Waals surface area contributed by atoms with E-state index in [4.69, 9.17) is 15.2 Å². The van der Waals surface area contributed by atoms with Gasteiger partial charge in [0.15, 0.2) is 0 Å². The zero-order valence-electron chi connectivity index (χ0n) is 12.6. The van der Waals surface area contributed by atoms with Crippen LogP contribution in [-0.4, -0.2) is 43.4 Å². The average molecular weight is 331 g/mol. The predicted octanol–water partition coefficient (Wildman–Crippen LogP) is 0.775. The number of nitrogens with two attached hydrogens (primary N) is 1. The van der Waals surface area contributed by atoms with Crippen molar-refractivity contribution in [2.75, 3.05) is 26.9 Å². The zero-order chi connectivity index (χ0) is 15.3. The van der Waals surface area contributed by atoms with E-state index in [0.717, 1.165) is 5.75 Å². The average Bonchev–Trinajstić information content (AvgIpc) is 2.53. The smallest absolute Gasteiger partial charge is 0.240 e. The number of hydrogen-bond acceptors (Lipinski definition) is 5. The maximum Gasteiger partial charge on any atom is 0.240 e. The van der Waals surface area contributed by atoms with E-state index < -0.39 is 11.6 Å². The molecule has 22 heavy (non-hydrogen) atoms. The SMILES string of the molecule is COc1ccc(C(O)CNC(=O)C2(N)CCOCC2)cc1.Cl. The number of amides is 1. The summed E-state index contributed by atoms with van der Waals surface area (Å²) in [6.45, 7) is 1.11. The second-order valence-electron chi connectivity index (χ2n) is 5.27. The van der Waals surface area contributed by atoms with Gasteiger partial charge in [-0.25, -0.2) is 0 Å². The molecule has 6 nitrogen and oxygen atoms in total. The van der Waals surface area contributed by atoms with Gasteiger partial charge in [0.25, 0.3) is 0 Å². The van der Waals surface area contributed by atoms with Gasteiger partial charge in [-0.1, -0.05) is 12.1 Å². The van der Waals surface area contributed by atoms with Crippen molar-refractivity contribution in [3.8, 4) is 5.75 Å². The van der Waals surface area contributed by atoms with Crippen LogP contribution in [0, 0.1) is 0 Å². The zero-order valence-corrected chi connectivity index (χ0v) is 13.4. The molecule has 0 aromatic heterocycles. The molecule has 1 aliphatic rings. The van der Waals surface area contributed by atoms with Crippen LogP contribution in [0.15, 0.2) is 24.3 Å². The molecule has 0 aliphatic carbocycles. The summed E-state index contributed by atoms with van der Waals surface area (Å²) < 4.78 is 10.3. The fourth-order valence-corrected chi connectivity index (χ4v) is 2.27. The molecule has 2 rings (SSSR count). The molecule has 1 aromatic rings. The van der Waals surface area contributed by atoms with E-state index in [0.29, 0.717) is 31.6 Å². The Bertz CT molecular complexity index is 475. The first kappa shape index (κ1) is 18.7. The van der Waals surface area contributed by atoms with E-state index >= 15 is 0 Å². The molecule has 1 saturated heterocycles. The molecular formula is C15H23ClN2O4. The highest BCUT2D eigenvalue weighted by Crippen LogP contribution is 2.19. The van der Waals surface area contributed by atoms with Crippen LogP contribution in [-0.2, 0) is 9.53 Å². The molecule has 1 amide bonds. The molecule has 1 unspecified atom stereocenters. The van der Waals surface area contributed by atoms with E-state index in [9.17, 15) is 9.90 Å². The number of rotatable bonds is 5. The number of aliphatic hydroxyl groups is 1. The van der Waals surface area contributed by atoms with Crippen LogP contribution >= 0.6 is 12.4 Å². The largest absolute Gasteiger partial charge is 0.497 e. The number of nitrogens with one attached hydrogen (secondary N) is 1. The van der Waals surface area contributed by atoms with Gasteiger partial charge in [-0.3, -0.25) is 4.79 Å². The van der Waals surface area contributed by atoms with Crippen molar-refractivity contribution in [2.24, 2.45) is 5.73 Å². The standard InChI is InChI=1S/C15H22N2O4.ClH/c1-20-12-4-2-11(3-5-12)13(18)10-17-14(19)15(16)6-8-21-9-7-15;/h2-5,13,18H,6-10,16H2,1H3,(H,17,19);1H. The molecule has 0 radical (unpaired) electrons. The number of hydrogen-bond donors (Lipinski definition) is 3. The van der Waals surface area contributed by atoms with E-state index in [1.54, 1.807) is 31.4 Å². The lowest BCUT2D eigenvalue weighted by Crippen LogP contribution is -2.57. The minimum atomic E-state index is -0.891. The van der Waals surface area contributed by atoms with Gasteiger partial charge in [-0.15, -0.1) is 12.4 Å². The van der Waals surface area contributed by atoms with Gasteiger partial charge in [-0.05, 0) is 30.5 Å². The minimum absolute atomic E-state index is 0. The molecule has 124 valence electrons. The summed E-state index contributed by atoms with van der Waals surface area (Å²) in [5.41, 5.74) is 5.90. The Morgan fingerprint density at radius 3 is 2.55 bits per heavy atom. The maximum atomic E-state index is 12.1. The summed E-state index contributed by atoms with van der Waals surface area (Å²) in [6, 6.07) is 7.07. The molecule has 4 N–H and O–H groups in total. The Hall–Kier alpha value is -1.34. The first-order chi connectivity index (χ1) is 10.0. The van der Waals surface area contributed by atoms with Crippen LogP contribution in [0.3, 0.4) is 0 Å². The van der Waals surface area contributed by atoms with Crippen molar-refractivity contribution < 1.29 is 19.4 Å². The third-order valence-corrected chi connectivity index (χ3v) is 3.79. The highest BCUT2D eigenvalue weighted by atomic mass is 35.5. The molecule has 1 aromatic carbocycles. The fraction of sp³-hybridized carbons (Fsp3) is 0.533. The highest BCUT2D eigenvalue weighted by Gasteiger charge is 2.35. The van der Waals surface area contributed by atoms with Crippen LogP contribution in [0.4, 0.5) is 0 Å². The summed E-state index contributed by atoms with van der Waals surface area (Å²) in [7, 11) is 1.58. The third kappa shape index (κ3) is 4.58. The molecule has 1 heterocycles. The number of benzene rings is 1. The van der Waals surface area contributed by atoms with E-state index in [1.807, 2.05) is 0 Å². The normalized spacial score (nSPS) is 18.0. The second kappa shape index (κ2) is 8.33. The monoisotopic (exact) mass is 330 g/mol. The number of methoxy groups -OCH3 is 1. The summed E-state index contributed by atoms with van der Waals surface area (Å²) in [5, 5.41) is 12.8.